The summed E-state index contributed by atoms with van der Waals surface area (Å²) in [6.07, 6.45) is 1.03. The monoisotopic (exact) mass is 260 g/mol. The number of hydrogen-bond acceptors (Lipinski definition) is 2. The normalized spacial score (nSPS) is 10.3. The van der Waals surface area contributed by atoms with Crippen molar-refractivity contribution in [2.75, 3.05) is 11.1 Å². The highest BCUT2D eigenvalue weighted by Crippen LogP contribution is 2.27. The number of hydrogen-bond donors (Lipinski definition) is 2. The van der Waals surface area contributed by atoms with E-state index in [4.69, 9.17) is 17.3 Å². The van der Waals surface area contributed by atoms with Crippen LogP contribution in [0.25, 0.3) is 0 Å². The minimum atomic E-state index is 0.587. The molecule has 0 aromatic heterocycles. The fourth-order valence-corrected chi connectivity index (χ4v) is 2.13. The van der Waals surface area contributed by atoms with E-state index >= 15 is 0 Å². The van der Waals surface area contributed by atoms with E-state index in [-0.39, 0.29) is 0 Å². The maximum absolute atomic E-state index is 5.99. The lowest BCUT2D eigenvalue weighted by Gasteiger charge is -2.12. The molecule has 0 bridgehead atoms. The molecule has 0 aliphatic rings. The first kappa shape index (κ1) is 12.8. The fraction of sp³-hybridized carbons (Fsp3) is 0.200. The number of nitrogens with one attached hydrogen (secondary N) is 1. The maximum Gasteiger partial charge on any atom is 0.0739 e. The molecule has 2 aromatic carbocycles. The Balaban J connectivity index is 2.14. The van der Waals surface area contributed by atoms with Gasteiger partial charge in [0.1, 0.15) is 0 Å². The van der Waals surface area contributed by atoms with Gasteiger partial charge in [0.05, 0.1) is 16.4 Å². The molecule has 0 spiro atoms. The third-order valence-electron chi connectivity index (χ3n) is 3.02. The number of nitrogen functional groups attached to an aromatic ring is 1. The van der Waals surface area contributed by atoms with Gasteiger partial charge in [-0.2, -0.15) is 0 Å². The maximum atomic E-state index is 5.99. The van der Waals surface area contributed by atoms with E-state index in [9.17, 15) is 0 Å². The average molecular weight is 261 g/mol. The summed E-state index contributed by atoms with van der Waals surface area (Å²) in [4.78, 5) is 0. The summed E-state index contributed by atoms with van der Waals surface area (Å²) in [5, 5.41) is 3.92. The molecule has 2 nitrogen and oxygen atoms in total. The van der Waals surface area contributed by atoms with E-state index in [2.05, 4.69) is 36.5 Å². The van der Waals surface area contributed by atoms with Gasteiger partial charge < -0.3 is 11.1 Å². The molecule has 18 heavy (non-hydrogen) atoms. The van der Waals surface area contributed by atoms with Crippen molar-refractivity contribution in [3.63, 3.8) is 0 Å². The highest BCUT2D eigenvalue weighted by Gasteiger charge is 2.04. The Labute approximate surface area is 113 Å². The number of para-hydroxylation sites is 1. The molecule has 3 heteroatoms. The van der Waals surface area contributed by atoms with Crippen LogP contribution < -0.4 is 11.1 Å². The zero-order chi connectivity index (χ0) is 13.0. The van der Waals surface area contributed by atoms with Gasteiger partial charge in [-0.15, -0.1) is 0 Å². The summed E-state index contributed by atoms with van der Waals surface area (Å²) >= 11 is 5.99. The lowest BCUT2D eigenvalue weighted by Crippen LogP contribution is -2.04. The molecule has 0 aliphatic heterocycles. The van der Waals surface area contributed by atoms with Gasteiger partial charge in [0.25, 0.3) is 0 Å². The molecular formula is C15H17ClN2. The molecule has 2 rings (SSSR count). The molecule has 0 atom stereocenters. The van der Waals surface area contributed by atoms with Crippen LogP contribution in [-0.4, -0.2) is 0 Å². The van der Waals surface area contributed by atoms with Crippen LogP contribution in [0.3, 0.4) is 0 Å². The van der Waals surface area contributed by atoms with Crippen LogP contribution in [0, 0.1) is 0 Å². The molecule has 0 heterocycles. The van der Waals surface area contributed by atoms with Crippen molar-refractivity contribution in [3.05, 3.63) is 58.6 Å². The van der Waals surface area contributed by atoms with Crippen molar-refractivity contribution >= 4 is 23.0 Å². The SMILES string of the molecule is CCc1ccccc1CNc1cccc(Cl)c1N. The summed E-state index contributed by atoms with van der Waals surface area (Å²) in [5.41, 5.74) is 10.1. The first-order chi connectivity index (χ1) is 8.72. The van der Waals surface area contributed by atoms with Crippen LogP contribution in [0.1, 0.15) is 18.1 Å². The summed E-state index contributed by atoms with van der Waals surface area (Å²) < 4.78 is 0. The summed E-state index contributed by atoms with van der Waals surface area (Å²) in [7, 11) is 0. The smallest absolute Gasteiger partial charge is 0.0739 e. The van der Waals surface area contributed by atoms with Gasteiger partial charge in [0, 0.05) is 6.54 Å². The molecule has 3 N–H and O–H groups in total. The van der Waals surface area contributed by atoms with Crippen molar-refractivity contribution in [1.82, 2.24) is 0 Å². The molecule has 0 fully saturated rings. The molecule has 0 aliphatic carbocycles. The van der Waals surface area contributed by atoms with Crippen LogP contribution in [0.15, 0.2) is 42.5 Å². The van der Waals surface area contributed by atoms with Gasteiger partial charge in [-0.1, -0.05) is 48.9 Å². The number of halogens is 1. The van der Waals surface area contributed by atoms with Crippen molar-refractivity contribution < 1.29 is 0 Å². The molecular weight excluding hydrogens is 244 g/mol. The third kappa shape index (κ3) is 2.77. The molecule has 0 amide bonds. The quantitative estimate of drug-likeness (QED) is 0.813. The Kier molecular flexibility index (Phi) is 4.11. The zero-order valence-corrected chi connectivity index (χ0v) is 11.2. The largest absolute Gasteiger partial charge is 0.396 e. The van der Waals surface area contributed by atoms with E-state index in [1.54, 1.807) is 6.07 Å². The van der Waals surface area contributed by atoms with Gasteiger partial charge >= 0.3 is 0 Å². The molecule has 0 saturated heterocycles. The minimum absolute atomic E-state index is 0.587. The Bertz CT molecular complexity index is 538. The first-order valence-corrected chi connectivity index (χ1v) is 6.44. The van der Waals surface area contributed by atoms with Crippen molar-refractivity contribution in [2.24, 2.45) is 0 Å². The molecule has 0 saturated carbocycles. The van der Waals surface area contributed by atoms with E-state index < -0.39 is 0 Å². The average Bonchev–Trinajstić information content (AvgIpc) is 2.41. The predicted octanol–water partition coefficient (Wildman–Crippen LogP) is 4.10. The van der Waals surface area contributed by atoms with Gasteiger partial charge in [0.2, 0.25) is 0 Å². The summed E-state index contributed by atoms with van der Waals surface area (Å²) in [5.74, 6) is 0. The van der Waals surface area contributed by atoms with Gasteiger partial charge in [0.15, 0.2) is 0 Å². The topological polar surface area (TPSA) is 38.0 Å². The number of benzene rings is 2. The lowest BCUT2D eigenvalue weighted by atomic mass is 10.1. The van der Waals surface area contributed by atoms with E-state index in [0.717, 1.165) is 18.7 Å². The summed E-state index contributed by atoms with van der Waals surface area (Å²) in [6.45, 7) is 2.92. The number of nitrogens with two attached hydrogens (primary N) is 1. The molecule has 2 aromatic rings. The predicted molar refractivity (Wildman–Crippen MR) is 79.0 cm³/mol. The van der Waals surface area contributed by atoms with E-state index in [1.165, 1.54) is 11.1 Å². The minimum Gasteiger partial charge on any atom is -0.396 e. The van der Waals surface area contributed by atoms with Gasteiger partial charge in [-0.3, -0.25) is 0 Å². The van der Waals surface area contributed by atoms with Gasteiger partial charge in [-0.05, 0) is 29.7 Å². The van der Waals surface area contributed by atoms with Crippen LogP contribution in [0.2, 0.25) is 5.02 Å². The Morgan fingerprint density at radius 2 is 1.78 bits per heavy atom. The van der Waals surface area contributed by atoms with Crippen molar-refractivity contribution in [1.29, 1.82) is 0 Å². The zero-order valence-electron chi connectivity index (χ0n) is 10.4. The van der Waals surface area contributed by atoms with E-state index in [0.29, 0.717) is 10.7 Å². The van der Waals surface area contributed by atoms with Crippen molar-refractivity contribution in [2.45, 2.75) is 19.9 Å². The van der Waals surface area contributed by atoms with Gasteiger partial charge in [-0.25, -0.2) is 0 Å². The van der Waals surface area contributed by atoms with Crippen molar-refractivity contribution in [3.8, 4) is 0 Å². The first-order valence-electron chi connectivity index (χ1n) is 6.07. The Morgan fingerprint density at radius 1 is 1.06 bits per heavy atom. The second-order valence-electron chi connectivity index (χ2n) is 4.18. The van der Waals surface area contributed by atoms with Crippen LogP contribution in [0.4, 0.5) is 11.4 Å². The second kappa shape index (κ2) is 5.78. The molecule has 94 valence electrons. The van der Waals surface area contributed by atoms with Crippen LogP contribution >= 0.6 is 11.6 Å². The number of rotatable bonds is 4. The standard InChI is InChI=1S/C15H17ClN2/c1-2-11-6-3-4-7-12(11)10-18-14-9-5-8-13(16)15(14)17/h3-9,18H,2,10,17H2,1H3. The molecule has 0 radical (unpaired) electrons. The number of anilines is 2. The second-order valence-corrected chi connectivity index (χ2v) is 4.58. The Morgan fingerprint density at radius 3 is 2.50 bits per heavy atom. The van der Waals surface area contributed by atoms with Crippen LogP contribution in [0.5, 0.6) is 0 Å². The van der Waals surface area contributed by atoms with Crippen LogP contribution in [-0.2, 0) is 13.0 Å². The third-order valence-corrected chi connectivity index (χ3v) is 3.35. The molecule has 0 unspecified atom stereocenters. The highest BCUT2D eigenvalue weighted by molar-refractivity contribution is 6.33. The summed E-state index contributed by atoms with van der Waals surface area (Å²) in [6, 6.07) is 14.0. The van der Waals surface area contributed by atoms with E-state index in [1.807, 2.05) is 12.1 Å². The number of aryl methyl sites for hydroxylation is 1. The Hall–Kier alpha value is -1.67. The fourth-order valence-electron chi connectivity index (χ4n) is 1.96. The lowest BCUT2D eigenvalue weighted by molar-refractivity contribution is 1.04. The highest BCUT2D eigenvalue weighted by atomic mass is 35.5.